The Morgan fingerprint density at radius 2 is 2.24 bits per heavy atom. The van der Waals surface area contributed by atoms with Crippen LogP contribution in [0.25, 0.3) is 0 Å². The van der Waals surface area contributed by atoms with Crippen LogP contribution in [0.5, 0.6) is 5.75 Å². The molecular weight excluding hydrogens is 239 g/mol. The van der Waals surface area contributed by atoms with Crippen molar-refractivity contribution in [3.63, 3.8) is 0 Å². The number of benzene rings is 1. The van der Waals surface area contributed by atoms with E-state index in [1.807, 2.05) is 5.43 Å². The van der Waals surface area contributed by atoms with E-state index in [0.717, 1.165) is 18.3 Å². The summed E-state index contributed by atoms with van der Waals surface area (Å²) in [6.45, 7) is -3.09. The molecule has 8 heteroatoms. The van der Waals surface area contributed by atoms with Crippen LogP contribution >= 0.6 is 0 Å². The molecule has 3 N–H and O–H groups in total. The predicted octanol–water partition coefficient (Wildman–Crippen LogP) is 1.43. The van der Waals surface area contributed by atoms with Gasteiger partial charge in [0.1, 0.15) is 11.6 Å². The molecule has 17 heavy (non-hydrogen) atoms. The molecule has 0 radical (unpaired) electrons. The molecule has 0 aliphatic rings. The largest absolute Gasteiger partial charge is 0.434 e. The zero-order valence-electron chi connectivity index (χ0n) is 8.36. The Labute approximate surface area is 94.1 Å². The third-order valence-electron chi connectivity index (χ3n) is 1.57. The summed E-state index contributed by atoms with van der Waals surface area (Å²) in [5.74, 6) is -1.13. The van der Waals surface area contributed by atoms with Gasteiger partial charge in [-0.1, -0.05) is 0 Å². The van der Waals surface area contributed by atoms with Crippen molar-refractivity contribution in [2.45, 2.75) is 6.61 Å². The van der Waals surface area contributed by atoms with Crippen LogP contribution in [0.2, 0.25) is 0 Å². The molecule has 0 atom stereocenters. The average molecular weight is 247 g/mol. The molecule has 0 aromatic heterocycles. The summed E-state index contributed by atoms with van der Waals surface area (Å²) < 4.78 is 40.9. The molecule has 0 unspecified atom stereocenters. The summed E-state index contributed by atoms with van der Waals surface area (Å²) in [5, 5.41) is 3.34. The molecule has 1 aromatic carbocycles. The van der Waals surface area contributed by atoms with Crippen LogP contribution in [0.15, 0.2) is 23.3 Å². The monoisotopic (exact) mass is 247 g/mol. The van der Waals surface area contributed by atoms with Gasteiger partial charge in [0.25, 0.3) is 0 Å². The van der Waals surface area contributed by atoms with Crippen LogP contribution in [0.1, 0.15) is 5.56 Å². The number of carbonyl (C=O) groups is 1. The van der Waals surface area contributed by atoms with Crippen LogP contribution in [-0.4, -0.2) is 18.9 Å². The van der Waals surface area contributed by atoms with E-state index in [9.17, 15) is 18.0 Å². The number of carbonyl (C=O) groups excluding carboxylic acids is 1. The maximum absolute atomic E-state index is 12.8. The Morgan fingerprint density at radius 3 is 2.82 bits per heavy atom. The van der Waals surface area contributed by atoms with Gasteiger partial charge in [-0.3, -0.25) is 0 Å². The number of nitrogens with zero attached hydrogens (tertiary/aromatic N) is 1. The first kappa shape index (κ1) is 12.8. The summed E-state index contributed by atoms with van der Waals surface area (Å²) >= 11 is 0. The second kappa shape index (κ2) is 5.73. The summed E-state index contributed by atoms with van der Waals surface area (Å²) in [6, 6.07) is 2.06. The number of nitrogens with one attached hydrogen (secondary N) is 1. The number of ether oxygens (including phenoxy) is 1. The van der Waals surface area contributed by atoms with E-state index < -0.39 is 24.2 Å². The predicted molar refractivity (Wildman–Crippen MR) is 53.3 cm³/mol. The number of alkyl halides is 2. The first-order chi connectivity index (χ1) is 7.99. The fourth-order valence-corrected chi connectivity index (χ4v) is 0.978. The molecule has 92 valence electrons. The van der Waals surface area contributed by atoms with E-state index in [2.05, 4.69) is 9.84 Å². The molecule has 0 spiro atoms. The maximum atomic E-state index is 12.8. The van der Waals surface area contributed by atoms with E-state index in [-0.39, 0.29) is 5.56 Å². The molecule has 1 aromatic rings. The summed E-state index contributed by atoms with van der Waals surface area (Å²) in [7, 11) is 0. The van der Waals surface area contributed by atoms with Gasteiger partial charge >= 0.3 is 12.6 Å². The highest BCUT2D eigenvalue weighted by atomic mass is 19.3. The molecular formula is C9H8F3N3O2. The van der Waals surface area contributed by atoms with E-state index in [1.54, 1.807) is 0 Å². The molecule has 5 nitrogen and oxygen atoms in total. The van der Waals surface area contributed by atoms with E-state index in [4.69, 9.17) is 5.73 Å². The fourth-order valence-electron chi connectivity index (χ4n) is 0.978. The lowest BCUT2D eigenvalue weighted by Crippen LogP contribution is -2.24. The number of primary amides is 1. The lowest BCUT2D eigenvalue weighted by molar-refractivity contribution is -0.0500. The second-order valence-electron chi connectivity index (χ2n) is 2.79. The van der Waals surface area contributed by atoms with Crippen LogP contribution < -0.4 is 15.9 Å². The normalized spacial score (nSPS) is 10.8. The van der Waals surface area contributed by atoms with Gasteiger partial charge in [-0.2, -0.15) is 13.9 Å². The lowest BCUT2D eigenvalue weighted by Gasteiger charge is -2.07. The highest BCUT2D eigenvalue weighted by Crippen LogP contribution is 2.20. The van der Waals surface area contributed by atoms with Crippen molar-refractivity contribution in [1.82, 2.24) is 5.43 Å². The van der Waals surface area contributed by atoms with Crippen LogP contribution in [-0.2, 0) is 0 Å². The maximum Gasteiger partial charge on any atom is 0.387 e. The Morgan fingerprint density at radius 1 is 1.53 bits per heavy atom. The van der Waals surface area contributed by atoms with Gasteiger partial charge in [0.15, 0.2) is 0 Å². The molecule has 0 aliphatic carbocycles. The molecule has 0 saturated heterocycles. The number of nitrogens with two attached hydrogens (primary N) is 1. The standard InChI is InChI=1S/C9H8F3N3O2/c10-6-2-1-5(4-14-15-9(13)16)7(3-6)17-8(11)12/h1-4,8H,(H3,13,15,16). The van der Waals surface area contributed by atoms with Gasteiger partial charge in [0, 0.05) is 11.6 Å². The molecule has 0 saturated carbocycles. The highest BCUT2D eigenvalue weighted by Gasteiger charge is 2.09. The third kappa shape index (κ3) is 4.41. The second-order valence-corrected chi connectivity index (χ2v) is 2.79. The van der Waals surface area contributed by atoms with Gasteiger partial charge in [0.05, 0.1) is 6.21 Å². The van der Waals surface area contributed by atoms with Crippen molar-refractivity contribution in [2.75, 3.05) is 0 Å². The van der Waals surface area contributed by atoms with Crippen LogP contribution in [0, 0.1) is 5.82 Å². The minimum atomic E-state index is -3.09. The van der Waals surface area contributed by atoms with E-state index >= 15 is 0 Å². The summed E-state index contributed by atoms with van der Waals surface area (Å²) in [5.41, 5.74) is 6.65. The van der Waals surface area contributed by atoms with Gasteiger partial charge in [-0.25, -0.2) is 14.6 Å². The Kier molecular flexibility index (Phi) is 4.32. The third-order valence-corrected chi connectivity index (χ3v) is 1.57. The number of hydrazone groups is 1. The Bertz CT molecular complexity index is 437. The van der Waals surface area contributed by atoms with Crippen molar-refractivity contribution in [2.24, 2.45) is 10.8 Å². The first-order valence-electron chi connectivity index (χ1n) is 4.32. The number of halogens is 3. The molecule has 0 aliphatic heterocycles. The highest BCUT2D eigenvalue weighted by molar-refractivity contribution is 5.84. The van der Waals surface area contributed by atoms with Crippen molar-refractivity contribution in [3.8, 4) is 5.75 Å². The summed E-state index contributed by atoms with van der Waals surface area (Å²) in [6.07, 6.45) is 1.00. The number of amides is 2. The van der Waals surface area contributed by atoms with E-state index in [1.165, 1.54) is 6.07 Å². The van der Waals surface area contributed by atoms with Crippen molar-refractivity contribution >= 4 is 12.2 Å². The van der Waals surface area contributed by atoms with Gasteiger partial charge in [-0.15, -0.1) is 0 Å². The number of rotatable bonds is 4. The van der Waals surface area contributed by atoms with Crippen molar-refractivity contribution in [1.29, 1.82) is 0 Å². The number of urea groups is 1. The van der Waals surface area contributed by atoms with Crippen LogP contribution in [0.4, 0.5) is 18.0 Å². The molecule has 1 rings (SSSR count). The topological polar surface area (TPSA) is 76.7 Å². The summed E-state index contributed by atoms with van der Waals surface area (Å²) in [4.78, 5) is 10.3. The number of hydrogen-bond acceptors (Lipinski definition) is 3. The smallest absolute Gasteiger partial charge is 0.387 e. The lowest BCUT2D eigenvalue weighted by atomic mass is 10.2. The van der Waals surface area contributed by atoms with Crippen molar-refractivity contribution < 1.29 is 22.7 Å². The Hall–Kier alpha value is -2.25. The Balaban J connectivity index is 2.89. The minimum absolute atomic E-state index is 0.0699. The van der Waals surface area contributed by atoms with Gasteiger partial charge in [0.2, 0.25) is 0 Å². The zero-order chi connectivity index (χ0) is 12.8. The van der Waals surface area contributed by atoms with Gasteiger partial charge < -0.3 is 10.5 Å². The van der Waals surface area contributed by atoms with Crippen LogP contribution in [0.3, 0.4) is 0 Å². The molecule has 0 fully saturated rings. The minimum Gasteiger partial charge on any atom is -0.434 e. The first-order valence-corrected chi connectivity index (χ1v) is 4.32. The zero-order valence-corrected chi connectivity index (χ0v) is 8.36. The quantitative estimate of drug-likeness (QED) is 0.623. The van der Waals surface area contributed by atoms with Crippen molar-refractivity contribution in [3.05, 3.63) is 29.6 Å². The van der Waals surface area contributed by atoms with E-state index in [0.29, 0.717) is 0 Å². The average Bonchev–Trinajstić information content (AvgIpc) is 2.20. The fraction of sp³-hybridized carbons (Fsp3) is 0.111. The SMILES string of the molecule is NC(=O)NN=Cc1ccc(F)cc1OC(F)F. The molecule has 0 bridgehead atoms. The molecule has 0 heterocycles. The number of hydrogen-bond donors (Lipinski definition) is 2. The van der Waals surface area contributed by atoms with Gasteiger partial charge in [-0.05, 0) is 12.1 Å². The molecule has 2 amide bonds.